The molecule has 2 fully saturated rings. The highest BCUT2D eigenvalue weighted by molar-refractivity contribution is 7.86. The van der Waals surface area contributed by atoms with E-state index in [0.717, 1.165) is 38.5 Å². The van der Waals surface area contributed by atoms with Crippen molar-refractivity contribution >= 4 is 16.1 Å². The van der Waals surface area contributed by atoms with Crippen LogP contribution in [0.2, 0.25) is 0 Å². The van der Waals surface area contributed by atoms with Crippen LogP contribution in [0.1, 0.15) is 51.4 Å². The second-order valence-corrected chi connectivity index (χ2v) is 8.72. The number of hydrogen-bond acceptors (Lipinski definition) is 4. The van der Waals surface area contributed by atoms with Gasteiger partial charge in [0.2, 0.25) is 0 Å². The fourth-order valence-electron chi connectivity index (χ4n) is 4.08. The summed E-state index contributed by atoms with van der Waals surface area (Å²) in [5.41, 5.74) is 0. The van der Waals surface area contributed by atoms with Crippen LogP contribution in [-0.4, -0.2) is 36.5 Å². The largest absolute Gasteiger partial charge is 0.445 e. The third kappa shape index (κ3) is 5.05. The van der Waals surface area contributed by atoms with Gasteiger partial charge in [-0.05, 0) is 43.4 Å². The van der Waals surface area contributed by atoms with Crippen molar-refractivity contribution in [3.63, 3.8) is 0 Å². The van der Waals surface area contributed by atoms with E-state index in [1.165, 1.54) is 0 Å². The van der Waals surface area contributed by atoms with Crippen LogP contribution in [0.15, 0.2) is 0 Å². The van der Waals surface area contributed by atoms with E-state index in [-0.39, 0.29) is 12.3 Å². The number of ether oxygens (including phenoxy) is 1. The number of alkyl halides is 5. The highest BCUT2D eigenvalue weighted by Crippen LogP contribution is 2.44. The molecule has 3 atom stereocenters. The number of hydrogen-bond donors (Lipinski definition) is 1. The van der Waals surface area contributed by atoms with Gasteiger partial charge in [0.25, 0.3) is 6.10 Å². The summed E-state index contributed by atoms with van der Waals surface area (Å²) in [4.78, 5) is 11.6. The van der Waals surface area contributed by atoms with Gasteiger partial charge in [-0.3, -0.25) is 9.35 Å². The summed E-state index contributed by atoms with van der Waals surface area (Å²) < 4.78 is 98.1. The fourth-order valence-corrected chi connectivity index (χ4v) is 4.53. The first kappa shape index (κ1) is 21.3. The summed E-state index contributed by atoms with van der Waals surface area (Å²) in [5, 5.41) is -5.68. The molecule has 3 unspecified atom stereocenters. The maximum absolute atomic E-state index is 13.4. The molecule has 0 aliphatic heterocycles. The van der Waals surface area contributed by atoms with Crippen molar-refractivity contribution in [1.82, 2.24) is 0 Å². The Morgan fingerprint density at radius 2 is 1.62 bits per heavy atom. The van der Waals surface area contributed by atoms with E-state index in [1.54, 1.807) is 0 Å². The monoisotopic (exact) mass is 408 g/mol. The topological polar surface area (TPSA) is 80.7 Å². The van der Waals surface area contributed by atoms with Gasteiger partial charge in [-0.15, -0.1) is 0 Å². The molecule has 2 aliphatic rings. The number of carbonyl (C=O) groups excluding carboxylic acids is 1. The van der Waals surface area contributed by atoms with Crippen LogP contribution in [-0.2, 0) is 19.6 Å². The molecule has 152 valence electrons. The van der Waals surface area contributed by atoms with Crippen LogP contribution in [0, 0.1) is 17.8 Å². The van der Waals surface area contributed by atoms with Gasteiger partial charge in [-0.2, -0.15) is 30.4 Å². The molecule has 26 heavy (non-hydrogen) atoms. The van der Waals surface area contributed by atoms with Crippen molar-refractivity contribution in [3.05, 3.63) is 0 Å². The average Bonchev–Trinajstić information content (AvgIpc) is 2.48. The summed E-state index contributed by atoms with van der Waals surface area (Å²) >= 11 is 0. The van der Waals surface area contributed by atoms with Crippen LogP contribution in [0.25, 0.3) is 0 Å². The van der Waals surface area contributed by atoms with Crippen molar-refractivity contribution in [1.29, 1.82) is 0 Å². The predicted octanol–water partition coefficient (Wildman–Crippen LogP) is 3.94. The van der Waals surface area contributed by atoms with E-state index in [9.17, 15) is 35.2 Å². The number of rotatable bonds is 6. The summed E-state index contributed by atoms with van der Waals surface area (Å²) in [7, 11) is -6.41. The maximum atomic E-state index is 13.4. The molecule has 5 nitrogen and oxygen atoms in total. The Hall–Kier alpha value is -0.970. The first-order valence-electron chi connectivity index (χ1n) is 8.41. The Bertz CT molecular complexity index is 606. The quantitative estimate of drug-likeness (QED) is 0.409. The van der Waals surface area contributed by atoms with E-state index >= 15 is 0 Å². The van der Waals surface area contributed by atoms with Crippen LogP contribution >= 0.6 is 0 Å². The molecule has 2 rings (SSSR count). The number of halogens is 5. The third-order valence-corrected chi connectivity index (χ3v) is 6.08. The second kappa shape index (κ2) is 7.57. The molecule has 0 amide bonds. The van der Waals surface area contributed by atoms with E-state index in [2.05, 4.69) is 4.74 Å². The van der Waals surface area contributed by atoms with E-state index < -0.39 is 40.0 Å². The first-order chi connectivity index (χ1) is 11.8. The minimum atomic E-state index is -6.41. The number of esters is 1. The van der Waals surface area contributed by atoms with Crippen molar-refractivity contribution in [2.45, 2.75) is 68.9 Å². The summed E-state index contributed by atoms with van der Waals surface area (Å²) in [6.45, 7) is 0. The van der Waals surface area contributed by atoms with Crippen LogP contribution < -0.4 is 0 Å². The van der Waals surface area contributed by atoms with Crippen molar-refractivity contribution in [3.8, 4) is 0 Å². The zero-order valence-corrected chi connectivity index (χ0v) is 14.7. The number of carbonyl (C=O) groups is 1. The Morgan fingerprint density at radius 3 is 2.08 bits per heavy atom. The van der Waals surface area contributed by atoms with Gasteiger partial charge in [0.15, 0.2) is 0 Å². The van der Waals surface area contributed by atoms with Gasteiger partial charge in [0, 0.05) is 6.42 Å². The molecule has 0 heterocycles. The summed E-state index contributed by atoms with van der Waals surface area (Å²) in [5.74, 6) is -0.407. The molecule has 11 heteroatoms. The van der Waals surface area contributed by atoms with Gasteiger partial charge in [-0.1, -0.05) is 19.3 Å². The van der Waals surface area contributed by atoms with E-state index in [0.29, 0.717) is 11.8 Å². The van der Waals surface area contributed by atoms with E-state index in [1.807, 2.05) is 0 Å². The van der Waals surface area contributed by atoms with Crippen LogP contribution in [0.3, 0.4) is 0 Å². The molecule has 0 aromatic rings. The van der Waals surface area contributed by atoms with Gasteiger partial charge >= 0.3 is 27.5 Å². The van der Waals surface area contributed by atoms with E-state index in [4.69, 9.17) is 4.55 Å². The molecule has 0 aromatic heterocycles. The average molecular weight is 408 g/mol. The zero-order chi connectivity index (χ0) is 19.8. The van der Waals surface area contributed by atoms with Crippen LogP contribution in [0.4, 0.5) is 22.0 Å². The molecular formula is C15H21F5O5S. The third-order valence-electron chi connectivity index (χ3n) is 5.18. The standard InChI is InChI=1S/C15H21F5O5S/c16-14(17,18)13(15(19,20)26(22,23)24)25-12(21)5-4-11-7-9-2-1-3-10(6-9)8-11/h9-11,13H,1-8H2,(H,22,23,24). The number of fused-ring (bicyclic) bond motifs is 2. The molecule has 2 bridgehead atoms. The lowest BCUT2D eigenvalue weighted by Crippen LogP contribution is -2.52. The van der Waals surface area contributed by atoms with Gasteiger partial charge in [0.05, 0.1) is 0 Å². The Morgan fingerprint density at radius 1 is 1.08 bits per heavy atom. The normalized spacial score (nSPS) is 28.5. The molecule has 0 spiro atoms. The van der Waals surface area contributed by atoms with Crippen molar-refractivity contribution < 1.29 is 44.5 Å². The Kier molecular flexibility index (Phi) is 6.21. The summed E-state index contributed by atoms with van der Waals surface area (Å²) in [6, 6.07) is 0. The molecule has 0 saturated heterocycles. The Labute approximate surface area is 148 Å². The molecular weight excluding hydrogens is 387 g/mol. The minimum absolute atomic E-state index is 0.109. The van der Waals surface area contributed by atoms with Gasteiger partial charge < -0.3 is 4.74 Å². The van der Waals surface area contributed by atoms with Gasteiger partial charge in [0.1, 0.15) is 0 Å². The minimum Gasteiger partial charge on any atom is -0.445 e. The first-order valence-corrected chi connectivity index (χ1v) is 9.85. The van der Waals surface area contributed by atoms with Gasteiger partial charge in [-0.25, -0.2) is 0 Å². The lowest BCUT2D eigenvalue weighted by atomic mass is 9.67. The highest BCUT2D eigenvalue weighted by Gasteiger charge is 2.66. The predicted molar refractivity (Wildman–Crippen MR) is 79.8 cm³/mol. The summed E-state index contributed by atoms with van der Waals surface area (Å²) in [6.07, 6.45) is -4.32. The molecule has 1 N–H and O–H groups in total. The SMILES string of the molecule is O=C(CCC1CC2CCCC(C2)C1)OC(C(F)(F)F)C(F)(F)S(=O)(=O)O. The molecule has 0 aromatic carbocycles. The zero-order valence-electron chi connectivity index (χ0n) is 13.8. The highest BCUT2D eigenvalue weighted by atomic mass is 32.2. The van der Waals surface area contributed by atoms with Crippen molar-refractivity contribution in [2.75, 3.05) is 0 Å². The Balaban J connectivity index is 1.95. The molecule has 0 radical (unpaired) electrons. The lowest BCUT2D eigenvalue weighted by Gasteiger charge is -2.39. The van der Waals surface area contributed by atoms with Crippen LogP contribution in [0.5, 0.6) is 0 Å². The lowest BCUT2D eigenvalue weighted by molar-refractivity contribution is -0.259. The molecule has 2 aliphatic carbocycles. The van der Waals surface area contributed by atoms with Crippen molar-refractivity contribution in [2.24, 2.45) is 17.8 Å². The maximum Gasteiger partial charge on any atom is 0.432 e. The molecule has 2 saturated carbocycles. The second-order valence-electron chi connectivity index (χ2n) is 7.22. The smallest absolute Gasteiger partial charge is 0.432 e. The fraction of sp³-hybridized carbons (Fsp3) is 0.933.